The van der Waals surface area contributed by atoms with Crippen molar-refractivity contribution in [3.05, 3.63) is 28.3 Å². The molecule has 0 aliphatic carbocycles. The molecule has 0 saturated carbocycles. The van der Waals surface area contributed by atoms with Crippen LogP contribution in [0.2, 0.25) is 0 Å². The lowest BCUT2D eigenvalue weighted by atomic mass is 10.0. The van der Waals surface area contributed by atoms with Crippen molar-refractivity contribution in [2.75, 3.05) is 24.6 Å². The fourth-order valence-electron chi connectivity index (χ4n) is 3.59. The number of aromatic nitrogens is 3. The van der Waals surface area contributed by atoms with Crippen LogP contribution in [0.3, 0.4) is 0 Å². The summed E-state index contributed by atoms with van der Waals surface area (Å²) in [7, 11) is 0. The monoisotopic (exact) mass is 359 g/mol. The number of nitrogens with one attached hydrogen (secondary N) is 2. The molecule has 0 spiro atoms. The SMILES string of the molecule is CCCN(CCC)c1nc2c(C3OC[C@@H](C)N[C@H]3C)nccc2c(=O)[nH]1. The molecule has 1 fully saturated rings. The van der Waals surface area contributed by atoms with Crippen LogP contribution in [0.5, 0.6) is 0 Å². The van der Waals surface area contributed by atoms with Gasteiger partial charge in [-0.1, -0.05) is 13.8 Å². The third-order valence-corrected chi connectivity index (χ3v) is 4.72. The maximum absolute atomic E-state index is 12.7. The summed E-state index contributed by atoms with van der Waals surface area (Å²) in [4.78, 5) is 27.1. The van der Waals surface area contributed by atoms with Crippen molar-refractivity contribution in [1.82, 2.24) is 20.3 Å². The average molecular weight is 359 g/mol. The van der Waals surface area contributed by atoms with Crippen molar-refractivity contribution >= 4 is 16.9 Å². The van der Waals surface area contributed by atoms with Gasteiger partial charge in [0.2, 0.25) is 5.95 Å². The minimum absolute atomic E-state index is 0.101. The summed E-state index contributed by atoms with van der Waals surface area (Å²) in [5.74, 6) is 0.616. The van der Waals surface area contributed by atoms with Crippen LogP contribution in [-0.4, -0.2) is 46.7 Å². The lowest BCUT2D eigenvalue weighted by Gasteiger charge is -2.34. The van der Waals surface area contributed by atoms with Crippen LogP contribution < -0.4 is 15.8 Å². The molecule has 3 heterocycles. The number of anilines is 1. The van der Waals surface area contributed by atoms with E-state index in [-0.39, 0.29) is 17.7 Å². The van der Waals surface area contributed by atoms with Crippen LogP contribution in [0.15, 0.2) is 17.1 Å². The Morgan fingerprint density at radius 3 is 2.65 bits per heavy atom. The number of ether oxygens (including phenoxy) is 1. The van der Waals surface area contributed by atoms with Crippen LogP contribution in [0, 0.1) is 0 Å². The first-order valence-corrected chi connectivity index (χ1v) is 9.56. The van der Waals surface area contributed by atoms with E-state index >= 15 is 0 Å². The fourth-order valence-corrected chi connectivity index (χ4v) is 3.59. The highest BCUT2D eigenvalue weighted by Gasteiger charge is 2.30. The van der Waals surface area contributed by atoms with Crippen LogP contribution >= 0.6 is 0 Å². The van der Waals surface area contributed by atoms with Gasteiger partial charge in [-0.05, 0) is 32.8 Å². The van der Waals surface area contributed by atoms with Gasteiger partial charge < -0.3 is 15.0 Å². The smallest absolute Gasteiger partial charge is 0.260 e. The molecule has 1 unspecified atom stereocenters. The standard InChI is InChI=1S/C19H29N5O2/c1-5-9-24(10-6-2)19-22-15-14(18(25)23-19)7-8-20-16(15)17-13(4)21-12(3)11-26-17/h7-8,12-13,17,21H,5-6,9-11H2,1-4H3,(H,22,23,25)/t12-,13+,17?/m1/s1. The number of fused-ring (bicyclic) bond motifs is 1. The zero-order valence-electron chi connectivity index (χ0n) is 16.1. The highest BCUT2D eigenvalue weighted by Crippen LogP contribution is 2.28. The number of hydrogen-bond acceptors (Lipinski definition) is 6. The van der Waals surface area contributed by atoms with E-state index in [4.69, 9.17) is 9.72 Å². The predicted octanol–water partition coefficient (Wildman–Crippen LogP) is 2.38. The largest absolute Gasteiger partial charge is 0.369 e. The van der Waals surface area contributed by atoms with Gasteiger partial charge >= 0.3 is 0 Å². The highest BCUT2D eigenvalue weighted by atomic mass is 16.5. The Labute approximate surface area is 154 Å². The summed E-state index contributed by atoms with van der Waals surface area (Å²) in [6.07, 6.45) is 3.43. The number of rotatable bonds is 6. The first kappa shape index (κ1) is 18.8. The molecule has 142 valence electrons. The van der Waals surface area contributed by atoms with Crippen molar-refractivity contribution in [2.24, 2.45) is 0 Å². The molecular formula is C19H29N5O2. The third kappa shape index (κ3) is 3.73. The van der Waals surface area contributed by atoms with Gasteiger partial charge in [-0.3, -0.25) is 14.8 Å². The van der Waals surface area contributed by atoms with Crippen molar-refractivity contribution in [3.8, 4) is 0 Å². The molecule has 3 atom stereocenters. The first-order chi connectivity index (χ1) is 12.5. The van der Waals surface area contributed by atoms with Crippen LogP contribution in [-0.2, 0) is 4.74 Å². The molecule has 2 N–H and O–H groups in total. The van der Waals surface area contributed by atoms with E-state index in [0.29, 0.717) is 29.5 Å². The number of morpholine rings is 1. The van der Waals surface area contributed by atoms with E-state index in [1.165, 1.54) is 0 Å². The molecule has 0 bridgehead atoms. The van der Waals surface area contributed by atoms with Crippen molar-refractivity contribution < 1.29 is 4.74 Å². The van der Waals surface area contributed by atoms with Crippen LogP contribution in [0.1, 0.15) is 52.3 Å². The molecule has 1 aliphatic heterocycles. The number of hydrogen-bond donors (Lipinski definition) is 2. The minimum atomic E-state index is -0.220. The van der Waals surface area contributed by atoms with E-state index in [0.717, 1.165) is 31.6 Å². The van der Waals surface area contributed by atoms with Gasteiger partial charge in [0.15, 0.2) is 0 Å². The zero-order chi connectivity index (χ0) is 18.7. The van der Waals surface area contributed by atoms with E-state index in [9.17, 15) is 4.79 Å². The topological polar surface area (TPSA) is 83.1 Å². The average Bonchev–Trinajstić information content (AvgIpc) is 2.61. The first-order valence-electron chi connectivity index (χ1n) is 9.56. The molecule has 1 saturated heterocycles. The second-order valence-electron chi connectivity index (χ2n) is 7.08. The molecule has 7 nitrogen and oxygen atoms in total. The van der Waals surface area contributed by atoms with E-state index in [1.54, 1.807) is 12.3 Å². The van der Waals surface area contributed by atoms with Crippen molar-refractivity contribution in [3.63, 3.8) is 0 Å². The summed E-state index contributed by atoms with van der Waals surface area (Å²) >= 11 is 0. The summed E-state index contributed by atoms with van der Waals surface area (Å²) in [6.45, 7) is 10.7. The molecule has 3 rings (SSSR count). The molecule has 1 aliphatic rings. The van der Waals surface area contributed by atoms with Gasteiger partial charge in [0.1, 0.15) is 11.6 Å². The van der Waals surface area contributed by atoms with Gasteiger partial charge in [0.25, 0.3) is 5.56 Å². The molecule has 0 amide bonds. The summed E-state index contributed by atoms with van der Waals surface area (Å²) in [6, 6.07) is 2.12. The third-order valence-electron chi connectivity index (χ3n) is 4.72. The maximum atomic E-state index is 12.7. The van der Waals surface area contributed by atoms with Gasteiger partial charge in [0.05, 0.1) is 17.7 Å². The van der Waals surface area contributed by atoms with Crippen molar-refractivity contribution in [1.29, 1.82) is 0 Å². The maximum Gasteiger partial charge on any atom is 0.260 e. The Hall–Kier alpha value is -1.99. The Balaban J connectivity index is 2.08. The Morgan fingerprint density at radius 2 is 2.00 bits per heavy atom. The lowest BCUT2D eigenvalue weighted by molar-refractivity contribution is -0.0222. The molecule has 26 heavy (non-hydrogen) atoms. The molecule has 2 aromatic rings. The van der Waals surface area contributed by atoms with Gasteiger partial charge in [-0.2, -0.15) is 0 Å². The van der Waals surface area contributed by atoms with Gasteiger partial charge in [-0.25, -0.2) is 4.98 Å². The van der Waals surface area contributed by atoms with Gasteiger partial charge in [-0.15, -0.1) is 0 Å². The van der Waals surface area contributed by atoms with Crippen LogP contribution in [0.25, 0.3) is 10.9 Å². The predicted molar refractivity (Wildman–Crippen MR) is 104 cm³/mol. The number of H-pyrrole nitrogens is 1. The molecule has 0 radical (unpaired) electrons. The van der Waals surface area contributed by atoms with Gasteiger partial charge in [0, 0.05) is 31.4 Å². The molecule has 0 aromatic carbocycles. The van der Waals surface area contributed by atoms with E-state index in [1.807, 2.05) is 0 Å². The fraction of sp³-hybridized carbons (Fsp3) is 0.632. The Kier molecular flexibility index (Phi) is 5.88. The quantitative estimate of drug-likeness (QED) is 0.824. The minimum Gasteiger partial charge on any atom is -0.369 e. The second-order valence-corrected chi connectivity index (χ2v) is 7.08. The summed E-state index contributed by atoms with van der Waals surface area (Å²) < 4.78 is 6.04. The molecule has 7 heteroatoms. The van der Waals surface area contributed by atoms with E-state index < -0.39 is 0 Å². The summed E-state index contributed by atoms with van der Waals surface area (Å²) in [5.41, 5.74) is 1.24. The van der Waals surface area contributed by atoms with E-state index in [2.05, 4.69) is 47.9 Å². The normalized spacial score (nSPS) is 23.3. The Bertz CT molecular complexity index is 800. The number of nitrogens with zero attached hydrogens (tertiary/aromatic N) is 3. The Morgan fingerprint density at radius 1 is 1.27 bits per heavy atom. The van der Waals surface area contributed by atoms with Crippen molar-refractivity contribution in [2.45, 2.75) is 58.7 Å². The second kappa shape index (κ2) is 8.14. The molecular weight excluding hydrogens is 330 g/mol. The highest BCUT2D eigenvalue weighted by molar-refractivity contribution is 5.81. The summed E-state index contributed by atoms with van der Waals surface area (Å²) in [5, 5.41) is 4.05. The number of aromatic amines is 1. The molecule has 2 aromatic heterocycles. The lowest BCUT2D eigenvalue weighted by Crippen LogP contribution is -2.47. The zero-order valence-corrected chi connectivity index (χ0v) is 16.1. The number of pyridine rings is 1. The van der Waals surface area contributed by atoms with Crippen LogP contribution in [0.4, 0.5) is 5.95 Å².